The minimum Gasteiger partial charge on any atom is -0.472 e. The van der Waals surface area contributed by atoms with Crippen LogP contribution in [0.2, 0.25) is 0 Å². The molecule has 0 unspecified atom stereocenters. The Bertz CT molecular complexity index is 628. The molecule has 104 valence electrons. The molecule has 3 rings (SSSR count). The van der Waals surface area contributed by atoms with E-state index in [0.29, 0.717) is 23.8 Å². The lowest BCUT2D eigenvalue weighted by Crippen LogP contribution is -2.29. The van der Waals surface area contributed by atoms with Crippen LogP contribution in [-0.4, -0.2) is 36.3 Å². The predicted molar refractivity (Wildman–Crippen MR) is 76.3 cm³/mol. The summed E-state index contributed by atoms with van der Waals surface area (Å²) in [5, 5.41) is 12.3. The Balaban J connectivity index is 1.89. The van der Waals surface area contributed by atoms with Crippen LogP contribution in [0.25, 0.3) is 0 Å². The predicted octanol–water partition coefficient (Wildman–Crippen LogP) is 1.30. The zero-order valence-electron chi connectivity index (χ0n) is 11.0. The van der Waals surface area contributed by atoms with Crippen molar-refractivity contribution < 1.29 is 9.53 Å². The number of para-hydroxylation sites is 1. The molecule has 0 spiro atoms. The van der Waals surface area contributed by atoms with E-state index in [1.54, 1.807) is 7.11 Å². The third kappa shape index (κ3) is 2.44. The molecule has 7 heteroatoms. The fraction of sp³-hybridized carbons (Fsp3) is 0.308. The van der Waals surface area contributed by atoms with Crippen LogP contribution in [0, 0.1) is 0 Å². The molecule has 0 radical (unpaired) electrons. The molecule has 0 fully saturated rings. The number of aromatic nitrogens is 2. The van der Waals surface area contributed by atoms with Crippen LogP contribution in [0.3, 0.4) is 0 Å². The van der Waals surface area contributed by atoms with Gasteiger partial charge in [-0.3, -0.25) is 4.79 Å². The van der Waals surface area contributed by atoms with Gasteiger partial charge in [-0.05, 0) is 12.1 Å². The first-order chi connectivity index (χ1) is 9.78. The molecule has 1 aromatic carbocycles. The number of rotatable bonds is 3. The van der Waals surface area contributed by atoms with E-state index in [-0.39, 0.29) is 5.91 Å². The van der Waals surface area contributed by atoms with Crippen LogP contribution in [0.5, 0.6) is 5.19 Å². The summed E-state index contributed by atoms with van der Waals surface area (Å²) >= 11 is 1.42. The van der Waals surface area contributed by atoms with E-state index in [2.05, 4.69) is 20.4 Å². The van der Waals surface area contributed by atoms with Gasteiger partial charge in [0.05, 0.1) is 19.2 Å². The van der Waals surface area contributed by atoms with Crippen LogP contribution in [-0.2, 0) is 6.54 Å². The summed E-state index contributed by atoms with van der Waals surface area (Å²) in [6.45, 7) is 1.97. The van der Waals surface area contributed by atoms with Crippen LogP contribution in [0.1, 0.15) is 15.4 Å². The van der Waals surface area contributed by atoms with Gasteiger partial charge < -0.3 is 15.0 Å². The number of methoxy groups -OCH3 is 1. The Morgan fingerprint density at radius 2 is 2.25 bits per heavy atom. The minimum atomic E-state index is -0.0297. The highest BCUT2D eigenvalue weighted by Gasteiger charge is 2.21. The van der Waals surface area contributed by atoms with Crippen molar-refractivity contribution in [1.29, 1.82) is 0 Å². The SMILES string of the molecule is COc1nnc(CN2CCNC(=O)c3ccccc32)s1. The van der Waals surface area contributed by atoms with Gasteiger partial charge in [0.25, 0.3) is 11.1 Å². The van der Waals surface area contributed by atoms with Crippen LogP contribution >= 0.6 is 11.3 Å². The first-order valence-electron chi connectivity index (χ1n) is 6.26. The summed E-state index contributed by atoms with van der Waals surface area (Å²) in [5.74, 6) is -0.0297. The second-order valence-electron chi connectivity index (χ2n) is 4.36. The molecule has 20 heavy (non-hydrogen) atoms. The van der Waals surface area contributed by atoms with Crippen molar-refractivity contribution in [3.8, 4) is 5.19 Å². The number of nitrogens with zero attached hydrogens (tertiary/aromatic N) is 3. The summed E-state index contributed by atoms with van der Waals surface area (Å²) in [6, 6.07) is 7.60. The highest BCUT2D eigenvalue weighted by Crippen LogP contribution is 2.26. The van der Waals surface area contributed by atoms with E-state index in [1.807, 2.05) is 24.3 Å². The molecular weight excluding hydrogens is 276 g/mol. The summed E-state index contributed by atoms with van der Waals surface area (Å²) in [5.41, 5.74) is 1.62. The van der Waals surface area contributed by atoms with Gasteiger partial charge in [0.2, 0.25) is 0 Å². The van der Waals surface area contributed by atoms with Gasteiger partial charge in [0, 0.05) is 18.8 Å². The molecule has 1 N–H and O–H groups in total. The topological polar surface area (TPSA) is 67.4 Å². The largest absolute Gasteiger partial charge is 0.472 e. The number of carbonyl (C=O) groups excluding carboxylic acids is 1. The Labute approximate surface area is 120 Å². The van der Waals surface area contributed by atoms with Crippen molar-refractivity contribution in [2.75, 3.05) is 25.1 Å². The molecule has 1 aliphatic heterocycles. The molecule has 0 bridgehead atoms. The maximum absolute atomic E-state index is 12.0. The average Bonchev–Trinajstić information content (AvgIpc) is 2.87. The van der Waals surface area contributed by atoms with E-state index in [4.69, 9.17) is 4.74 Å². The van der Waals surface area contributed by atoms with Gasteiger partial charge in [0.15, 0.2) is 0 Å². The van der Waals surface area contributed by atoms with Gasteiger partial charge in [-0.2, -0.15) is 0 Å². The highest BCUT2D eigenvalue weighted by molar-refractivity contribution is 7.13. The molecule has 6 nitrogen and oxygen atoms in total. The molecular formula is C13H14N4O2S. The number of nitrogens with one attached hydrogen (secondary N) is 1. The molecule has 0 aliphatic carbocycles. The number of anilines is 1. The van der Waals surface area contributed by atoms with E-state index >= 15 is 0 Å². The van der Waals surface area contributed by atoms with E-state index in [9.17, 15) is 4.79 Å². The molecule has 2 heterocycles. The third-order valence-electron chi connectivity index (χ3n) is 3.11. The van der Waals surface area contributed by atoms with Crippen LogP contribution in [0.4, 0.5) is 5.69 Å². The standard InChI is InChI=1S/C13H14N4O2S/c1-19-13-16-15-11(20-13)8-17-7-6-14-12(18)9-4-2-3-5-10(9)17/h2-5H,6-8H2,1H3,(H,14,18). The molecule has 1 amide bonds. The van der Waals surface area contributed by atoms with E-state index in [0.717, 1.165) is 17.2 Å². The number of ether oxygens (including phenoxy) is 1. The number of amides is 1. The van der Waals surface area contributed by atoms with Crippen molar-refractivity contribution in [2.24, 2.45) is 0 Å². The Morgan fingerprint density at radius 1 is 1.40 bits per heavy atom. The Morgan fingerprint density at radius 3 is 3.05 bits per heavy atom. The van der Waals surface area contributed by atoms with E-state index < -0.39 is 0 Å². The number of hydrogen-bond donors (Lipinski definition) is 1. The van der Waals surface area contributed by atoms with Crippen molar-refractivity contribution >= 4 is 22.9 Å². The fourth-order valence-corrected chi connectivity index (χ4v) is 2.84. The molecule has 0 saturated carbocycles. The lowest BCUT2D eigenvalue weighted by molar-refractivity contribution is 0.0958. The van der Waals surface area contributed by atoms with Gasteiger partial charge in [-0.15, -0.1) is 10.2 Å². The maximum atomic E-state index is 12.0. The maximum Gasteiger partial charge on any atom is 0.293 e. The fourth-order valence-electron chi connectivity index (χ4n) is 2.17. The average molecular weight is 290 g/mol. The van der Waals surface area contributed by atoms with Crippen molar-refractivity contribution in [3.63, 3.8) is 0 Å². The summed E-state index contributed by atoms with van der Waals surface area (Å²) in [7, 11) is 1.58. The summed E-state index contributed by atoms with van der Waals surface area (Å²) in [6.07, 6.45) is 0. The third-order valence-corrected chi connectivity index (χ3v) is 3.98. The zero-order chi connectivity index (χ0) is 13.9. The molecule has 0 atom stereocenters. The van der Waals surface area contributed by atoms with Gasteiger partial charge >= 0.3 is 0 Å². The molecule has 1 aliphatic rings. The lowest BCUT2D eigenvalue weighted by Gasteiger charge is -2.22. The first-order valence-corrected chi connectivity index (χ1v) is 7.08. The highest BCUT2D eigenvalue weighted by atomic mass is 32.1. The normalized spacial score (nSPS) is 14.4. The number of fused-ring (bicyclic) bond motifs is 1. The number of benzene rings is 1. The Hall–Kier alpha value is -2.15. The second kappa shape index (κ2) is 5.46. The molecule has 1 aromatic heterocycles. The number of hydrogen-bond acceptors (Lipinski definition) is 6. The van der Waals surface area contributed by atoms with Crippen molar-refractivity contribution in [3.05, 3.63) is 34.8 Å². The van der Waals surface area contributed by atoms with Gasteiger partial charge in [0.1, 0.15) is 5.01 Å². The summed E-state index contributed by atoms with van der Waals surface area (Å²) < 4.78 is 5.06. The number of carbonyl (C=O) groups is 1. The smallest absolute Gasteiger partial charge is 0.293 e. The first kappa shape index (κ1) is 12.9. The van der Waals surface area contributed by atoms with Crippen molar-refractivity contribution in [2.45, 2.75) is 6.54 Å². The quantitative estimate of drug-likeness (QED) is 0.923. The molecule has 0 saturated heterocycles. The van der Waals surface area contributed by atoms with Crippen LogP contribution in [0.15, 0.2) is 24.3 Å². The van der Waals surface area contributed by atoms with Gasteiger partial charge in [-0.1, -0.05) is 23.5 Å². The van der Waals surface area contributed by atoms with Gasteiger partial charge in [-0.25, -0.2) is 0 Å². The Kier molecular flexibility index (Phi) is 3.51. The lowest BCUT2D eigenvalue weighted by atomic mass is 10.1. The second-order valence-corrected chi connectivity index (χ2v) is 5.39. The van der Waals surface area contributed by atoms with E-state index in [1.165, 1.54) is 11.3 Å². The van der Waals surface area contributed by atoms with Crippen molar-refractivity contribution in [1.82, 2.24) is 15.5 Å². The monoisotopic (exact) mass is 290 g/mol. The minimum absolute atomic E-state index is 0.0297. The van der Waals surface area contributed by atoms with Crippen LogP contribution < -0.4 is 15.0 Å². The molecule has 2 aromatic rings. The summed E-state index contributed by atoms with van der Waals surface area (Å²) in [4.78, 5) is 14.1. The zero-order valence-corrected chi connectivity index (χ0v) is 11.8.